The van der Waals surface area contributed by atoms with E-state index in [-0.39, 0.29) is 0 Å². The van der Waals surface area contributed by atoms with Crippen LogP contribution in [0.4, 0.5) is 0 Å². The molecule has 0 bridgehead atoms. The van der Waals surface area contributed by atoms with Crippen LogP contribution in [0.3, 0.4) is 0 Å². The second-order valence-corrected chi connectivity index (χ2v) is 6.12. The lowest BCUT2D eigenvalue weighted by atomic mass is 10.1. The van der Waals surface area contributed by atoms with Crippen LogP contribution in [0.25, 0.3) is 10.8 Å². The molecule has 0 saturated carbocycles. The van der Waals surface area contributed by atoms with Crippen LogP contribution in [-0.2, 0) is 0 Å². The highest BCUT2D eigenvalue weighted by Gasteiger charge is 2.07. The summed E-state index contributed by atoms with van der Waals surface area (Å²) in [5.41, 5.74) is 0. The molecule has 1 nitrogen and oxygen atoms in total. The van der Waals surface area contributed by atoms with Gasteiger partial charge < -0.3 is 0 Å². The first-order valence-corrected chi connectivity index (χ1v) is 8.42. The molecule has 0 saturated heterocycles. The molecule has 0 spiro atoms. The molecule has 0 radical (unpaired) electrons. The average molecular weight is 274 g/mol. The molecule has 19 heavy (non-hydrogen) atoms. The monoisotopic (exact) mass is 274 g/mol. The minimum atomic E-state index is 1.22. The van der Waals surface area contributed by atoms with Crippen molar-refractivity contribution >= 4 is 22.5 Å². The normalized spacial score (nSPS) is 11.0. The van der Waals surface area contributed by atoms with Gasteiger partial charge in [0, 0.05) is 11.8 Å². The van der Waals surface area contributed by atoms with E-state index in [0.29, 0.717) is 0 Å². The first-order valence-electron chi connectivity index (χ1n) is 7.44. The Balaban J connectivity index is 1.78. The van der Waals surface area contributed by atoms with E-state index >= 15 is 0 Å². The summed E-state index contributed by atoms with van der Waals surface area (Å²) in [4.78, 5) is 3.39. The lowest BCUT2D eigenvalue weighted by Gasteiger charge is -2.01. The molecule has 0 aliphatic heterocycles. The Labute approximate surface area is 120 Å². The quantitative estimate of drug-likeness (QED) is 0.482. The zero-order chi connectivity index (χ0) is 13.3. The molecule has 0 aliphatic rings. The number of hydrogen-bond donors (Lipinski definition) is 0. The predicted molar refractivity (Wildman–Crippen MR) is 84.6 cm³/mol. The minimum Gasteiger partial charge on any atom is -0.205 e. The molecule has 1 aromatic carbocycles. The van der Waals surface area contributed by atoms with Crippen molar-refractivity contribution in [3.8, 4) is 0 Å². The van der Waals surface area contributed by atoms with Gasteiger partial charge in [0.1, 0.15) is 0 Å². The summed E-state index contributed by atoms with van der Waals surface area (Å²) in [6.45, 7) is 2.27. The molecule has 2 rings (SSSR count). The van der Waals surface area contributed by atoms with Gasteiger partial charge in [-0.1, -0.05) is 69.0 Å². The lowest BCUT2D eigenvalue weighted by Crippen LogP contribution is -2.05. The number of H-pyrrole nitrogens is 1. The molecule has 102 valence electrons. The number of hydrogen-bond acceptors (Lipinski definition) is 1. The number of aromatic amines is 1. The maximum atomic E-state index is 3.39. The van der Waals surface area contributed by atoms with Crippen LogP contribution in [0.2, 0.25) is 0 Å². The minimum absolute atomic E-state index is 1.22. The van der Waals surface area contributed by atoms with Gasteiger partial charge in [-0.2, -0.15) is 0 Å². The predicted octanol–water partition coefficient (Wildman–Crippen LogP) is 5.11. The summed E-state index contributed by atoms with van der Waals surface area (Å²) in [6.07, 6.45) is 10.3. The summed E-state index contributed by atoms with van der Waals surface area (Å²) >= 11 is 1.96. The molecule has 0 amide bonds. The maximum Gasteiger partial charge on any atom is 0.246 e. The maximum absolute atomic E-state index is 3.39. The molecule has 1 heterocycles. The second-order valence-electron chi connectivity index (χ2n) is 5.01. The van der Waals surface area contributed by atoms with E-state index in [2.05, 4.69) is 42.2 Å². The molecule has 2 heteroatoms. The molecule has 0 unspecified atom stereocenters. The van der Waals surface area contributed by atoms with Crippen molar-refractivity contribution in [3.63, 3.8) is 0 Å². The van der Waals surface area contributed by atoms with E-state index in [1.807, 2.05) is 18.0 Å². The third-order valence-corrected chi connectivity index (χ3v) is 4.55. The van der Waals surface area contributed by atoms with Crippen molar-refractivity contribution in [1.82, 2.24) is 0 Å². The lowest BCUT2D eigenvalue weighted by molar-refractivity contribution is -0.423. The first kappa shape index (κ1) is 14.4. The van der Waals surface area contributed by atoms with Crippen LogP contribution in [0.1, 0.15) is 45.4 Å². The Kier molecular flexibility index (Phi) is 6.22. The SMILES string of the molecule is CCCCCCCCSc1[nH+]ccc2ccccc12. The van der Waals surface area contributed by atoms with E-state index in [0.717, 1.165) is 0 Å². The third-order valence-electron chi connectivity index (χ3n) is 3.43. The number of rotatable bonds is 8. The standard InChI is InChI=1S/C17H23NS/c1-2-3-4-5-6-9-14-19-17-16-11-8-7-10-15(16)12-13-18-17/h7-8,10-13H,2-6,9,14H2,1H3/p+1. The number of nitrogens with one attached hydrogen (secondary N) is 1. The fraction of sp³-hybridized carbons (Fsp3) is 0.471. The van der Waals surface area contributed by atoms with E-state index in [4.69, 9.17) is 0 Å². The van der Waals surface area contributed by atoms with E-state index < -0.39 is 0 Å². The van der Waals surface area contributed by atoms with Crippen LogP contribution >= 0.6 is 11.8 Å². The third kappa shape index (κ3) is 4.54. The van der Waals surface area contributed by atoms with Gasteiger partial charge in [-0.25, -0.2) is 4.98 Å². The summed E-state index contributed by atoms with van der Waals surface area (Å²) in [5, 5.41) is 3.99. The van der Waals surface area contributed by atoms with Crippen LogP contribution in [0.5, 0.6) is 0 Å². The Morgan fingerprint density at radius 2 is 1.74 bits per heavy atom. The van der Waals surface area contributed by atoms with Crippen molar-refractivity contribution in [2.75, 3.05) is 5.75 Å². The zero-order valence-corrected chi connectivity index (χ0v) is 12.6. The van der Waals surface area contributed by atoms with Gasteiger partial charge in [-0.3, -0.25) is 0 Å². The zero-order valence-electron chi connectivity index (χ0n) is 11.8. The highest BCUT2D eigenvalue weighted by Crippen LogP contribution is 2.24. The number of benzene rings is 1. The molecule has 0 fully saturated rings. The largest absolute Gasteiger partial charge is 0.246 e. The molecular formula is C17H24NS+. The van der Waals surface area contributed by atoms with Gasteiger partial charge in [-0.15, -0.1) is 0 Å². The number of pyridine rings is 1. The highest BCUT2D eigenvalue weighted by atomic mass is 32.2. The average Bonchev–Trinajstić information content (AvgIpc) is 2.46. The number of fused-ring (bicyclic) bond motifs is 1. The number of aromatic nitrogens is 1. The van der Waals surface area contributed by atoms with Gasteiger partial charge in [-0.05, 0) is 17.9 Å². The first-order chi connectivity index (χ1) is 9.42. The van der Waals surface area contributed by atoms with E-state index in [1.165, 1.54) is 60.1 Å². The van der Waals surface area contributed by atoms with Crippen LogP contribution in [0, 0.1) is 0 Å². The van der Waals surface area contributed by atoms with E-state index in [1.54, 1.807) is 0 Å². The van der Waals surface area contributed by atoms with Gasteiger partial charge in [0.05, 0.1) is 5.39 Å². The Bertz CT molecular complexity index is 490. The molecular weight excluding hydrogens is 250 g/mol. The smallest absolute Gasteiger partial charge is 0.205 e. The molecule has 0 aliphatic carbocycles. The Morgan fingerprint density at radius 1 is 0.947 bits per heavy atom. The summed E-state index contributed by atoms with van der Waals surface area (Å²) in [6, 6.07) is 10.7. The molecule has 2 aromatic rings. The van der Waals surface area contributed by atoms with Gasteiger partial charge in [0.25, 0.3) is 0 Å². The topological polar surface area (TPSA) is 14.1 Å². The van der Waals surface area contributed by atoms with Crippen molar-refractivity contribution in [3.05, 3.63) is 36.5 Å². The van der Waals surface area contributed by atoms with E-state index in [9.17, 15) is 0 Å². The molecule has 1 N–H and O–H groups in total. The van der Waals surface area contributed by atoms with Crippen molar-refractivity contribution in [2.45, 2.75) is 50.5 Å². The van der Waals surface area contributed by atoms with Crippen molar-refractivity contribution in [1.29, 1.82) is 0 Å². The Hall–Kier alpha value is -1.02. The van der Waals surface area contributed by atoms with Crippen molar-refractivity contribution < 1.29 is 4.98 Å². The van der Waals surface area contributed by atoms with Gasteiger partial charge in [0.2, 0.25) is 5.03 Å². The number of unbranched alkanes of at least 4 members (excludes halogenated alkanes) is 5. The number of thioether (sulfide) groups is 1. The molecule has 1 aromatic heterocycles. The fourth-order valence-corrected chi connectivity index (χ4v) is 3.36. The summed E-state index contributed by atoms with van der Waals surface area (Å²) < 4.78 is 0. The van der Waals surface area contributed by atoms with Crippen molar-refractivity contribution in [2.24, 2.45) is 0 Å². The van der Waals surface area contributed by atoms with Crippen LogP contribution < -0.4 is 4.98 Å². The highest BCUT2D eigenvalue weighted by molar-refractivity contribution is 7.99. The summed E-state index contributed by atoms with van der Waals surface area (Å²) in [7, 11) is 0. The van der Waals surface area contributed by atoms with Crippen LogP contribution in [0.15, 0.2) is 41.6 Å². The summed E-state index contributed by atoms with van der Waals surface area (Å²) in [5.74, 6) is 1.22. The molecule has 0 atom stereocenters. The van der Waals surface area contributed by atoms with Crippen LogP contribution in [-0.4, -0.2) is 5.75 Å². The van der Waals surface area contributed by atoms with Gasteiger partial charge in [0.15, 0.2) is 6.20 Å². The Morgan fingerprint density at radius 3 is 2.63 bits per heavy atom. The van der Waals surface area contributed by atoms with Gasteiger partial charge >= 0.3 is 0 Å². The second kappa shape index (κ2) is 8.21. The fourth-order valence-electron chi connectivity index (χ4n) is 2.31.